The lowest BCUT2D eigenvalue weighted by Crippen LogP contribution is -2.39. The van der Waals surface area contributed by atoms with E-state index in [2.05, 4.69) is 46.4 Å². The maximum Gasteiger partial charge on any atom is 0.0811 e. The van der Waals surface area contributed by atoms with Gasteiger partial charge in [0.15, 0.2) is 0 Å². The topological polar surface area (TPSA) is 69.9 Å². The van der Waals surface area contributed by atoms with Crippen LogP contribution in [0.5, 0.6) is 0 Å². The summed E-state index contributed by atoms with van der Waals surface area (Å²) in [4.78, 5) is 0. The number of aliphatic hydroxyl groups excluding tert-OH is 2. The average Bonchev–Trinajstić information content (AvgIpc) is 3.15. The standard InChI is InChI=1S/C29H48O4/c1-6-29(32,7-2)16-9-17-33-21(4)25-13-14-26-22(10-8-15-28(25,26)5)11-12-23-18-24(30)19-27(31)20(23)3/h11-12,21,24-27,30-32H,3,6-10,13-19H2,1-2,4-5H3/b22-11+,23-12-/t21-,24-,25-,26?,27+,28-/m1/s1. The van der Waals surface area contributed by atoms with Crippen LogP contribution in [0.4, 0.5) is 0 Å². The quantitative estimate of drug-likeness (QED) is 0.377. The summed E-state index contributed by atoms with van der Waals surface area (Å²) in [7, 11) is 0. The van der Waals surface area contributed by atoms with Crippen molar-refractivity contribution in [1.29, 1.82) is 0 Å². The predicted molar refractivity (Wildman–Crippen MR) is 135 cm³/mol. The molecular weight excluding hydrogens is 412 g/mol. The van der Waals surface area contributed by atoms with Gasteiger partial charge in [0.25, 0.3) is 0 Å². The molecule has 0 heterocycles. The Morgan fingerprint density at radius 1 is 1.21 bits per heavy atom. The normalized spacial score (nSPS) is 36.4. The molecule has 0 amide bonds. The van der Waals surface area contributed by atoms with Gasteiger partial charge in [-0.05, 0) is 99.5 Å². The van der Waals surface area contributed by atoms with Gasteiger partial charge >= 0.3 is 0 Å². The summed E-state index contributed by atoms with van der Waals surface area (Å²) < 4.78 is 6.34. The Bertz CT molecular complexity index is 734. The van der Waals surface area contributed by atoms with Crippen LogP contribution in [0, 0.1) is 17.3 Å². The van der Waals surface area contributed by atoms with Crippen molar-refractivity contribution in [3.63, 3.8) is 0 Å². The third kappa shape index (κ3) is 6.01. The molecule has 0 spiro atoms. The van der Waals surface area contributed by atoms with E-state index < -0.39 is 17.8 Å². The Hall–Kier alpha value is -0.940. The molecule has 0 aromatic heterocycles. The molecule has 3 aliphatic carbocycles. The summed E-state index contributed by atoms with van der Waals surface area (Å²) in [5.41, 5.74) is 3.00. The number of rotatable bonds is 9. The van der Waals surface area contributed by atoms with Crippen LogP contribution < -0.4 is 0 Å². The molecule has 3 N–H and O–H groups in total. The van der Waals surface area contributed by atoms with E-state index in [0.29, 0.717) is 24.7 Å². The fourth-order valence-electron chi connectivity index (χ4n) is 6.91. The van der Waals surface area contributed by atoms with Crippen LogP contribution in [-0.4, -0.2) is 45.8 Å². The third-order valence-corrected chi connectivity index (χ3v) is 9.35. The van der Waals surface area contributed by atoms with Gasteiger partial charge in [-0.3, -0.25) is 0 Å². The maximum atomic E-state index is 10.5. The van der Waals surface area contributed by atoms with E-state index in [9.17, 15) is 15.3 Å². The molecular formula is C29H48O4. The van der Waals surface area contributed by atoms with E-state index >= 15 is 0 Å². The zero-order chi connectivity index (χ0) is 24.2. The molecule has 0 aliphatic heterocycles. The molecule has 3 fully saturated rings. The first-order chi connectivity index (χ1) is 15.6. The van der Waals surface area contributed by atoms with Crippen molar-refractivity contribution < 1.29 is 20.1 Å². The summed E-state index contributed by atoms with van der Waals surface area (Å²) in [6.07, 6.45) is 13.8. The van der Waals surface area contributed by atoms with Crippen molar-refractivity contribution in [1.82, 2.24) is 0 Å². The second-order valence-electron chi connectivity index (χ2n) is 11.3. The van der Waals surface area contributed by atoms with Crippen molar-refractivity contribution >= 4 is 0 Å². The highest BCUT2D eigenvalue weighted by atomic mass is 16.5. The van der Waals surface area contributed by atoms with Gasteiger partial charge in [0.05, 0.1) is 23.9 Å². The van der Waals surface area contributed by atoms with Crippen molar-refractivity contribution in [2.75, 3.05) is 6.61 Å². The molecule has 33 heavy (non-hydrogen) atoms. The van der Waals surface area contributed by atoms with Crippen LogP contribution in [0.25, 0.3) is 0 Å². The number of aliphatic hydroxyl groups is 3. The van der Waals surface area contributed by atoms with Crippen molar-refractivity contribution in [3.05, 3.63) is 35.5 Å². The molecule has 0 aromatic carbocycles. The summed E-state index contributed by atoms with van der Waals surface area (Å²) in [6, 6.07) is 0. The van der Waals surface area contributed by atoms with E-state index in [1.54, 1.807) is 0 Å². The highest BCUT2D eigenvalue weighted by Crippen LogP contribution is 2.58. The van der Waals surface area contributed by atoms with E-state index in [4.69, 9.17) is 4.74 Å². The highest BCUT2D eigenvalue weighted by Gasteiger charge is 2.51. The van der Waals surface area contributed by atoms with Gasteiger partial charge < -0.3 is 20.1 Å². The number of hydrogen-bond donors (Lipinski definition) is 3. The number of ether oxygens (including phenoxy) is 1. The van der Waals surface area contributed by atoms with E-state index in [-0.39, 0.29) is 11.5 Å². The fourth-order valence-corrected chi connectivity index (χ4v) is 6.91. The Balaban J connectivity index is 1.62. The van der Waals surface area contributed by atoms with Crippen LogP contribution in [0.3, 0.4) is 0 Å². The van der Waals surface area contributed by atoms with Gasteiger partial charge in [0.1, 0.15) is 0 Å². The molecule has 6 atom stereocenters. The van der Waals surface area contributed by atoms with Crippen LogP contribution in [0.1, 0.15) is 98.3 Å². The van der Waals surface area contributed by atoms with Crippen molar-refractivity contribution in [3.8, 4) is 0 Å². The minimum absolute atomic E-state index is 0.234. The molecule has 3 aliphatic rings. The van der Waals surface area contributed by atoms with E-state index in [0.717, 1.165) is 49.9 Å². The minimum Gasteiger partial charge on any atom is -0.393 e. The zero-order valence-corrected chi connectivity index (χ0v) is 21.5. The van der Waals surface area contributed by atoms with Crippen LogP contribution in [0.2, 0.25) is 0 Å². The Kier molecular flexibility index (Phi) is 9.05. The van der Waals surface area contributed by atoms with Crippen LogP contribution >= 0.6 is 0 Å². The molecule has 0 bridgehead atoms. The molecule has 188 valence electrons. The van der Waals surface area contributed by atoms with Crippen LogP contribution in [0.15, 0.2) is 35.5 Å². The SMILES string of the molecule is C=C1/C(=C\C=C2/CCC[C@@]3(C)C2CC[C@@H]3[C@@H](C)OCCCC(O)(CC)CC)C[C@@H](O)C[C@@H]1O. The molecule has 0 radical (unpaired) electrons. The summed E-state index contributed by atoms with van der Waals surface area (Å²) in [5.74, 6) is 1.14. The molecule has 0 saturated heterocycles. The monoisotopic (exact) mass is 460 g/mol. The first-order valence-corrected chi connectivity index (χ1v) is 13.4. The van der Waals surface area contributed by atoms with E-state index in [1.165, 1.54) is 31.3 Å². The summed E-state index contributed by atoms with van der Waals surface area (Å²) >= 11 is 0. The average molecular weight is 461 g/mol. The van der Waals surface area contributed by atoms with Crippen molar-refractivity contribution in [2.45, 2.75) is 122 Å². The molecule has 0 aromatic rings. The van der Waals surface area contributed by atoms with Gasteiger partial charge in [-0.2, -0.15) is 0 Å². The van der Waals surface area contributed by atoms with Gasteiger partial charge in [0.2, 0.25) is 0 Å². The van der Waals surface area contributed by atoms with Gasteiger partial charge in [-0.25, -0.2) is 0 Å². The smallest absolute Gasteiger partial charge is 0.0811 e. The maximum absolute atomic E-state index is 10.5. The lowest BCUT2D eigenvalue weighted by atomic mass is 9.62. The molecule has 4 heteroatoms. The van der Waals surface area contributed by atoms with Crippen molar-refractivity contribution in [2.24, 2.45) is 17.3 Å². The number of fused-ring (bicyclic) bond motifs is 1. The van der Waals surface area contributed by atoms with Gasteiger partial charge in [-0.15, -0.1) is 0 Å². The number of hydrogen-bond acceptors (Lipinski definition) is 4. The second kappa shape index (κ2) is 11.2. The summed E-state index contributed by atoms with van der Waals surface area (Å²) in [5, 5.41) is 30.7. The predicted octanol–water partition coefficient (Wildman–Crippen LogP) is 5.86. The molecule has 3 saturated carbocycles. The minimum atomic E-state index is -0.630. The molecule has 4 nitrogen and oxygen atoms in total. The Labute approximate surface area is 201 Å². The summed E-state index contributed by atoms with van der Waals surface area (Å²) in [6.45, 7) is 13.6. The largest absolute Gasteiger partial charge is 0.393 e. The zero-order valence-electron chi connectivity index (χ0n) is 21.5. The first-order valence-electron chi connectivity index (χ1n) is 13.4. The third-order valence-electron chi connectivity index (χ3n) is 9.35. The van der Waals surface area contributed by atoms with E-state index in [1.807, 2.05) is 0 Å². The second-order valence-corrected chi connectivity index (χ2v) is 11.3. The van der Waals surface area contributed by atoms with Gasteiger partial charge in [0, 0.05) is 13.0 Å². The number of allylic oxidation sites excluding steroid dienone is 3. The highest BCUT2D eigenvalue weighted by molar-refractivity contribution is 5.38. The lowest BCUT2D eigenvalue weighted by molar-refractivity contribution is -0.0365. The lowest BCUT2D eigenvalue weighted by Gasteiger charge is -2.44. The fraction of sp³-hybridized carbons (Fsp3) is 0.793. The first kappa shape index (κ1) is 26.7. The molecule has 3 rings (SSSR count). The van der Waals surface area contributed by atoms with Gasteiger partial charge in [-0.1, -0.05) is 45.1 Å². The van der Waals surface area contributed by atoms with Crippen LogP contribution in [-0.2, 0) is 4.74 Å². The Morgan fingerprint density at radius 3 is 2.64 bits per heavy atom. The molecule has 1 unspecified atom stereocenters. The Morgan fingerprint density at radius 2 is 1.94 bits per heavy atom.